The molecule has 0 saturated heterocycles. The molecule has 0 aliphatic heterocycles. The number of Topliss-reactive ketones (excluding diaryl/α,β-unsaturated/α-hetero) is 1. The number of halogens is 2. The summed E-state index contributed by atoms with van der Waals surface area (Å²) in [5.74, 6) is 0.802. The lowest BCUT2D eigenvalue weighted by Gasteiger charge is -2.37. The van der Waals surface area contributed by atoms with E-state index in [2.05, 4.69) is 36.7 Å². The van der Waals surface area contributed by atoms with Gasteiger partial charge in [-0.25, -0.2) is 4.39 Å². The van der Waals surface area contributed by atoms with Crippen molar-refractivity contribution < 1.29 is 9.18 Å². The number of hydrogen-bond acceptors (Lipinski definition) is 1. The first kappa shape index (κ1) is 15.7. The third-order valence-corrected chi connectivity index (χ3v) is 5.23. The molecule has 1 aromatic carbocycles. The van der Waals surface area contributed by atoms with E-state index in [1.54, 1.807) is 0 Å². The van der Waals surface area contributed by atoms with Gasteiger partial charge in [0.05, 0.1) is 0 Å². The van der Waals surface area contributed by atoms with Gasteiger partial charge in [-0.05, 0) is 48.3 Å². The summed E-state index contributed by atoms with van der Waals surface area (Å²) in [5, 5.41) is 0. The second-order valence-corrected chi connectivity index (χ2v) is 7.66. The van der Waals surface area contributed by atoms with Crippen LogP contribution in [0.15, 0.2) is 22.7 Å². The molecule has 2 atom stereocenters. The van der Waals surface area contributed by atoms with Crippen LogP contribution < -0.4 is 0 Å². The smallest absolute Gasteiger partial charge is 0.136 e. The van der Waals surface area contributed by atoms with Crippen molar-refractivity contribution in [2.75, 3.05) is 0 Å². The minimum absolute atomic E-state index is 0.0857. The Kier molecular flexibility index (Phi) is 4.68. The molecular formula is C17H22BrFO. The Hall–Kier alpha value is -0.700. The fraction of sp³-hybridized carbons (Fsp3) is 0.588. The van der Waals surface area contributed by atoms with E-state index < -0.39 is 0 Å². The monoisotopic (exact) mass is 340 g/mol. The summed E-state index contributed by atoms with van der Waals surface area (Å²) in [6.45, 7) is 6.46. The molecule has 20 heavy (non-hydrogen) atoms. The third kappa shape index (κ3) is 3.49. The van der Waals surface area contributed by atoms with Crippen molar-refractivity contribution in [3.63, 3.8) is 0 Å². The molecule has 0 N–H and O–H groups in total. The van der Waals surface area contributed by atoms with Crippen molar-refractivity contribution in [2.45, 2.75) is 46.5 Å². The lowest BCUT2D eigenvalue weighted by Crippen LogP contribution is -2.36. The molecule has 1 fully saturated rings. The van der Waals surface area contributed by atoms with Crippen LogP contribution in [0.4, 0.5) is 4.39 Å². The lowest BCUT2D eigenvalue weighted by molar-refractivity contribution is -0.129. The van der Waals surface area contributed by atoms with Gasteiger partial charge < -0.3 is 0 Å². The van der Waals surface area contributed by atoms with Crippen LogP contribution in [0.5, 0.6) is 0 Å². The van der Waals surface area contributed by atoms with Gasteiger partial charge in [0.15, 0.2) is 0 Å². The number of hydrogen-bond donors (Lipinski definition) is 0. The second-order valence-electron chi connectivity index (χ2n) is 6.81. The summed E-state index contributed by atoms with van der Waals surface area (Å²) in [7, 11) is 0. The molecular weight excluding hydrogens is 319 g/mol. The lowest BCUT2D eigenvalue weighted by atomic mass is 9.66. The van der Waals surface area contributed by atoms with E-state index in [0.29, 0.717) is 18.1 Å². The Labute approximate surface area is 129 Å². The molecule has 2 rings (SSSR count). The molecule has 1 aliphatic rings. The van der Waals surface area contributed by atoms with Gasteiger partial charge in [0.2, 0.25) is 0 Å². The highest BCUT2D eigenvalue weighted by atomic mass is 79.9. The number of carbonyl (C=O) groups is 1. The van der Waals surface area contributed by atoms with E-state index in [1.165, 1.54) is 12.1 Å². The first-order valence-electron chi connectivity index (χ1n) is 7.26. The fourth-order valence-electron chi connectivity index (χ4n) is 3.31. The number of ketones is 1. The van der Waals surface area contributed by atoms with Gasteiger partial charge in [0.1, 0.15) is 11.6 Å². The molecule has 0 aromatic heterocycles. The maximum Gasteiger partial charge on any atom is 0.136 e. The van der Waals surface area contributed by atoms with Crippen molar-refractivity contribution in [3.8, 4) is 0 Å². The summed E-state index contributed by atoms with van der Waals surface area (Å²) < 4.78 is 13.9. The molecule has 0 spiro atoms. The van der Waals surface area contributed by atoms with Crippen molar-refractivity contribution in [3.05, 3.63) is 34.1 Å². The summed E-state index contributed by atoms with van der Waals surface area (Å²) in [6.07, 6.45) is 3.60. The SMILES string of the molecule is CC1CCC(C(C)(C)Cc2ccc(F)cc2Br)C(=O)C1. The molecule has 1 saturated carbocycles. The average molecular weight is 341 g/mol. The second kappa shape index (κ2) is 5.97. The van der Waals surface area contributed by atoms with Gasteiger partial charge in [-0.3, -0.25) is 4.79 Å². The van der Waals surface area contributed by atoms with Crippen LogP contribution >= 0.6 is 15.9 Å². The zero-order valence-corrected chi connectivity index (χ0v) is 14.0. The Morgan fingerprint density at radius 2 is 2.05 bits per heavy atom. The van der Waals surface area contributed by atoms with Crippen LogP contribution in [0.3, 0.4) is 0 Å². The highest BCUT2D eigenvalue weighted by molar-refractivity contribution is 9.10. The quantitative estimate of drug-likeness (QED) is 0.742. The van der Waals surface area contributed by atoms with Crippen molar-refractivity contribution in [2.24, 2.45) is 17.3 Å². The minimum Gasteiger partial charge on any atom is -0.299 e. The Morgan fingerprint density at radius 3 is 2.65 bits per heavy atom. The van der Waals surface area contributed by atoms with Gasteiger partial charge >= 0.3 is 0 Å². The van der Waals surface area contributed by atoms with Crippen molar-refractivity contribution >= 4 is 21.7 Å². The summed E-state index contributed by atoms with van der Waals surface area (Å²) in [5.41, 5.74) is 0.986. The Morgan fingerprint density at radius 1 is 1.35 bits per heavy atom. The van der Waals surface area contributed by atoms with Crippen LogP contribution in [0.1, 0.15) is 45.6 Å². The minimum atomic E-state index is -0.235. The Bertz CT molecular complexity index is 510. The van der Waals surface area contributed by atoms with Gasteiger partial charge in [-0.1, -0.05) is 42.8 Å². The molecule has 0 amide bonds. The van der Waals surface area contributed by atoms with E-state index in [1.807, 2.05) is 6.07 Å². The molecule has 1 nitrogen and oxygen atoms in total. The standard InChI is InChI=1S/C17H22BrFO/c1-11-4-7-14(16(20)8-11)17(2,3)10-12-5-6-13(19)9-15(12)18/h5-6,9,11,14H,4,7-8,10H2,1-3H3. The van der Waals surface area contributed by atoms with Crippen molar-refractivity contribution in [1.82, 2.24) is 0 Å². The summed E-state index contributed by atoms with van der Waals surface area (Å²) in [6, 6.07) is 4.80. The van der Waals surface area contributed by atoms with E-state index in [0.717, 1.165) is 29.3 Å². The van der Waals surface area contributed by atoms with Crippen molar-refractivity contribution in [1.29, 1.82) is 0 Å². The maximum atomic E-state index is 13.2. The van der Waals surface area contributed by atoms with Gasteiger partial charge in [-0.2, -0.15) is 0 Å². The molecule has 110 valence electrons. The summed E-state index contributed by atoms with van der Waals surface area (Å²) in [4.78, 5) is 12.3. The van der Waals surface area contributed by atoms with E-state index in [4.69, 9.17) is 0 Å². The predicted molar refractivity (Wildman–Crippen MR) is 83.1 cm³/mol. The zero-order chi connectivity index (χ0) is 14.9. The van der Waals surface area contributed by atoms with Crippen LogP contribution in [-0.4, -0.2) is 5.78 Å². The van der Waals surface area contributed by atoms with Gasteiger partial charge in [-0.15, -0.1) is 0 Å². The highest BCUT2D eigenvalue weighted by Gasteiger charge is 2.38. The fourth-order valence-corrected chi connectivity index (χ4v) is 3.80. The first-order valence-corrected chi connectivity index (χ1v) is 8.05. The number of rotatable bonds is 3. The van der Waals surface area contributed by atoms with Crippen LogP contribution in [0.2, 0.25) is 0 Å². The largest absolute Gasteiger partial charge is 0.299 e. The normalized spacial score (nSPS) is 23.9. The van der Waals surface area contributed by atoms with Gasteiger partial charge in [0, 0.05) is 16.8 Å². The number of carbonyl (C=O) groups excluding carboxylic acids is 1. The van der Waals surface area contributed by atoms with Gasteiger partial charge in [0.25, 0.3) is 0 Å². The molecule has 0 bridgehead atoms. The highest BCUT2D eigenvalue weighted by Crippen LogP contribution is 2.41. The van der Waals surface area contributed by atoms with Crippen LogP contribution in [-0.2, 0) is 11.2 Å². The summed E-state index contributed by atoms with van der Waals surface area (Å²) >= 11 is 3.42. The van der Waals surface area contributed by atoms with Crippen LogP contribution in [0.25, 0.3) is 0 Å². The molecule has 0 heterocycles. The third-order valence-electron chi connectivity index (χ3n) is 4.49. The molecule has 0 radical (unpaired) electrons. The molecule has 3 heteroatoms. The average Bonchev–Trinajstić information content (AvgIpc) is 2.32. The zero-order valence-electron chi connectivity index (χ0n) is 12.4. The van der Waals surface area contributed by atoms with E-state index >= 15 is 0 Å². The topological polar surface area (TPSA) is 17.1 Å². The van der Waals surface area contributed by atoms with Crippen LogP contribution in [0, 0.1) is 23.1 Å². The Balaban J connectivity index is 2.16. The molecule has 1 aromatic rings. The van der Waals surface area contributed by atoms with E-state index in [-0.39, 0.29) is 17.2 Å². The predicted octanol–water partition coefficient (Wildman–Crippen LogP) is 5.16. The molecule has 1 aliphatic carbocycles. The molecule has 2 unspecified atom stereocenters. The maximum absolute atomic E-state index is 13.2. The number of benzene rings is 1. The first-order chi connectivity index (χ1) is 9.29. The van der Waals surface area contributed by atoms with E-state index in [9.17, 15) is 9.18 Å².